The molecule has 0 saturated carbocycles. The Morgan fingerprint density at radius 2 is 1.91 bits per heavy atom. The van der Waals surface area contributed by atoms with Gasteiger partial charge in [-0.15, -0.1) is 0 Å². The summed E-state index contributed by atoms with van der Waals surface area (Å²) in [5.74, 6) is -2.07. The standard InChI is InChI=1S/C23H18F3N3O4/c24-23(25,26)21-16-7-1-2-8-18(16)27-12-17(21)22(32)33-13-19(30)28-14-5-3-6-15(11-14)29-10-4-9-20(29)31/h1-3,5-8,11-12H,4,9-10,13H2,(H,28,30). The van der Waals surface area contributed by atoms with Gasteiger partial charge in [0.15, 0.2) is 6.61 Å². The highest BCUT2D eigenvalue weighted by Crippen LogP contribution is 2.37. The van der Waals surface area contributed by atoms with Crippen LogP contribution in [-0.4, -0.2) is 35.9 Å². The number of halogens is 3. The van der Waals surface area contributed by atoms with Crippen molar-refractivity contribution in [2.75, 3.05) is 23.4 Å². The van der Waals surface area contributed by atoms with Gasteiger partial charge >= 0.3 is 12.1 Å². The minimum atomic E-state index is -4.83. The summed E-state index contributed by atoms with van der Waals surface area (Å²) >= 11 is 0. The molecule has 7 nitrogen and oxygen atoms in total. The molecule has 0 spiro atoms. The van der Waals surface area contributed by atoms with E-state index >= 15 is 0 Å². The number of anilines is 2. The molecule has 2 aromatic carbocycles. The molecule has 4 rings (SSSR count). The van der Waals surface area contributed by atoms with E-state index in [-0.39, 0.29) is 16.8 Å². The zero-order valence-electron chi connectivity index (χ0n) is 17.2. The molecule has 1 aliphatic heterocycles. The van der Waals surface area contributed by atoms with Crippen LogP contribution in [0.2, 0.25) is 0 Å². The molecule has 0 aliphatic carbocycles. The second-order valence-corrected chi connectivity index (χ2v) is 7.39. The first-order valence-electron chi connectivity index (χ1n) is 10.1. The number of aromatic nitrogens is 1. The molecule has 33 heavy (non-hydrogen) atoms. The van der Waals surface area contributed by atoms with E-state index in [2.05, 4.69) is 10.3 Å². The summed E-state index contributed by atoms with van der Waals surface area (Å²) in [6.07, 6.45) is -2.83. The number of hydrogen-bond acceptors (Lipinski definition) is 5. The van der Waals surface area contributed by atoms with Gasteiger partial charge in [-0.3, -0.25) is 14.6 Å². The van der Waals surface area contributed by atoms with Crippen molar-refractivity contribution in [1.29, 1.82) is 0 Å². The van der Waals surface area contributed by atoms with E-state index in [1.807, 2.05) is 0 Å². The molecule has 10 heteroatoms. The Morgan fingerprint density at radius 1 is 1.12 bits per heavy atom. The number of ether oxygens (including phenoxy) is 1. The monoisotopic (exact) mass is 457 g/mol. The highest BCUT2D eigenvalue weighted by molar-refractivity contribution is 6.00. The Balaban J connectivity index is 1.46. The smallest absolute Gasteiger partial charge is 0.417 e. The summed E-state index contributed by atoms with van der Waals surface area (Å²) < 4.78 is 45.9. The van der Waals surface area contributed by atoms with Crippen LogP contribution in [0.4, 0.5) is 24.5 Å². The first-order chi connectivity index (χ1) is 15.7. The second-order valence-electron chi connectivity index (χ2n) is 7.39. The number of nitrogens with one attached hydrogen (secondary N) is 1. The summed E-state index contributed by atoms with van der Waals surface area (Å²) in [5.41, 5.74) is -0.888. The fourth-order valence-corrected chi connectivity index (χ4v) is 3.68. The number of benzene rings is 2. The highest BCUT2D eigenvalue weighted by Gasteiger charge is 2.38. The topological polar surface area (TPSA) is 88.6 Å². The van der Waals surface area contributed by atoms with Crippen LogP contribution in [0.25, 0.3) is 10.9 Å². The van der Waals surface area contributed by atoms with Crippen molar-refractivity contribution in [2.24, 2.45) is 0 Å². The number of para-hydroxylation sites is 1. The Hall–Kier alpha value is -3.95. The van der Waals surface area contributed by atoms with Crippen molar-refractivity contribution in [1.82, 2.24) is 4.98 Å². The third kappa shape index (κ3) is 4.79. The second kappa shape index (κ2) is 8.89. The molecular weight excluding hydrogens is 439 g/mol. The van der Waals surface area contributed by atoms with Crippen LogP contribution in [0, 0.1) is 0 Å². The Kier molecular flexibility index (Phi) is 5.99. The van der Waals surface area contributed by atoms with Crippen LogP contribution in [0.5, 0.6) is 0 Å². The summed E-state index contributed by atoms with van der Waals surface area (Å²) in [6.45, 7) is -0.217. The van der Waals surface area contributed by atoms with Crippen LogP contribution in [-0.2, 0) is 20.5 Å². The van der Waals surface area contributed by atoms with E-state index in [1.165, 1.54) is 24.3 Å². The fourth-order valence-electron chi connectivity index (χ4n) is 3.68. The van der Waals surface area contributed by atoms with E-state index in [4.69, 9.17) is 4.74 Å². The molecule has 1 aliphatic rings. The number of fused-ring (bicyclic) bond motifs is 1. The quantitative estimate of drug-likeness (QED) is 0.581. The average Bonchev–Trinajstić information content (AvgIpc) is 3.22. The minimum Gasteiger partial charge on any atom is -0.452 e. The molecule has 1 aromatic heterocycles. The number of rotatable bonds is 5. The predicted octanol–water partition coefficient (Wildman–Crippen LogP) is 4.18. The number of carbonyl (C=O) groups is 3. The molecule has 0 radical (unpaired) electrons. The van der Waals surface area contributed by atoms with Gasteiger partial charge in [-0.25, -0.2) is 4.79 Å². The van der Waals surface area contributed by atoms with Crippen molar-refractivity contribution in [2.45, 2.75) is 19.0 Å². The fraction of sp³-hybridized carbons (Fsp3) is 0.217. The molecule has 1 N–H and O–H groups in total. The molecule has 0 unspecified atom stereocenters. The molecule has 1 saturated heterocycles. The molecule has 3 aromatic rings. The van der Waals surface area contributed by atoms with Crippen LogP contribution in [0.1, 0.15) is 28.8 Å². The molecule has 0 atom stereocenters. The van der Waals surface area contributed by atoms with Crippen molar-refractivity contribution < 1.29 is 32.3 Å². The normalized spacial score (nSPS) is 13.9. The maximum Gasteiger partial charge on any atom is 0.417 e. The SMILES string of the molecule is O=C(COC(=O)c1cnc2ccccc2c1C(F)(F)F)Nc1cccc(N2CCCC2=O)c1. The summed E-state index contributed by atoms with van der Waals surface area (Å²) in [7, 11) is 0. The molecule has 2 heterocycles. The Labute approximate surface area is 186 Å². The van der Waals surface area contributed by atoms with Crippen LogP contribution in [0.15, 0.2) is 54.7 Å². The van der Waals surface area contributed by atoms with E-state index in [1.54, 1.807) is 29.2 Å². The predicted molar refractivity (Wildman–Crippen MR) is 114 cm³/mol. The highest BCUT2D eigenvalue weighted by atomic mass is 19.4. The maximum atomic E-state index is 13.7. The van der Waals surface area contributed by atoms with Crippen molar-refractivity contribution in [3.8, 4) is 0 Å². The first-order valence-corrected chi connectivity index (χ1v) is 10.1. The average molecular weight is 457 g/mol. The zero-order chi connectivity index (χ0) is 23.6. The van der Waals surface area contributed by atoms with Gasteiger partial charge in [0.25, 0.3) is 5.91 Å². The largest absolute Gasteiger partial charge is 0.452 e. The third-order valence-corrected chi connectivity index (χ3v) is 5.13. The molecule has 0 bridgehead atoms. The first kappa shape index (κ1) is 22.3. The van der Waals surface area contributed by atoms with Gasteiger partial charge in [0, 0.05) is 35.9 Å². The van der Waals surface area contributed by atoms with Crippen LogP contribution < -0.4 is 10.2 Å². The molecule has 2 amide bonds. The number of pyridine rings is 1. The van der Waals surface area contributed by atoms with Gasteiger partial charge in [0.1, 0.15) is 0 Å². The van der Waals surface area contributed by atoms with Gasteiger partial charge in [-0.05, 0) is 30.7 Å². The van der Waals surface area contributed by atoms with Gasteiger partial charge in [-0.1, -0.05) is 24.3 Å². The van der Waals surface area contributed by atoms with E-state index in [9.17, 15) is 27.6 Å². The minimum absolute atomic E-state index is 0.0168. The van der Waals surface area contributed by atoms with Crippen molar-refractivity contribution in [3.05, 3.63) is 65.9 Å². The lowest BCUT2D eigenvalue weighted by molar-refractivity contribution is -0.136. The lowest BCUT2D eigenvalue weighted by Crippen LogP contribution is -2.24. The lowest BCUT2D eigenvalue weighted by Gasteiger charge is -2.17. The number of nitrogens with zero attached hydrogens (tertiary/aromatic N) is 2. The van der Waals surface area contributed by atoms with E-state index in [0.29, 0.717) is 24.3 Å². The number of carbonyl (C=O) groups excluding carboxylic acids is 3. The third-order valence-electron chi connectivity index (χ3n) is 5.13. The lowest BCUT2D eigenvalue weighted by atomic mass is 10.0. The summed E-state index contributed by atoms with van der Waals surface area (Å²) in [4.78, 5) is 42.0. The van der Waals surface area contributed by atoms with Crippen LogP contribution >= 0.6 is 0 Å². The van der Waals surface area contributed by atoms with Gasteiger partial charge in [0.05, 0.1) is 16.6 Å². The maximum absolute atomic E-state index is 13.7. The molecular formula is C23H18F3N3O4. The summed E-state index contributed by atoms with van der Waals surface area (Å²) in [5, 5.41) is 2.27. The Morgan fingerprint density at radius 3 is 2.64 bits per heavy atom. The van der Waals surface area contributed by atoms with Crippen LogP contribution in [0.3, 0.4) is 0 Å². The van der Waals surface area contributed by atoms with Gasteiger partial charge < -0.3 is 15.0 Å². The van der Waals surface area contributed by atoms with Crippen molar-refractivity contribution in [3.63, 3.8) is 0 Å². The van der Waals surface area contributed by atoms with Gasteiger partial charge in [-0.2, -0.15) is 13.2 Å². The van der Waals surface area contributed by atoms with Gasteiger partial charge in [0.2, 0.25) is 5.91 Å². The zero-order valence-corrected chi connectivity index (χ0v) is 17.2. The Bertz CT molecular complexity index is 1240. The number of amides is 2. The van der Waals surface area contributed by atoms with E-state index < -0.39 is 35.8 Å². The number of hydrogen-bond donors (Lipinski definition) is 1. The van der Waals surface area contributed by atoms with E-state index in [0.717, 1.165) is 12.6 Å². The summed E-state index contributed by atoms with van der Waals surface area (Å²) in [6, 6.07) is 12.1. The molecule has 1 fully saturated rings. The van der Waals surface area contributed by atoms with Crippen molar-refractivity contribution >= 4 is 40.1 Å². The molecule has 170 valence electrons. The number of alkyl halides is 3. The number of esters is 1.